The highest BCUT2D eigenvalue weighted by atomic mass is 16.5. The Morgan fingerprint density at radius 3 is 2.22 bits per heavy atom. The van der Waals surface area contributed by atoms with Crippen LogP contribution in [-0.2, 0) is 14.3 Å². The number of amides is 1. The van der Waals surface area contributed by atoms with Crippen molar-refractivity contribution < 1.29 is 19.4 Å². The number of rotatable bonds is 2. The highest BCUT2D eigenvalue weighted by Gasteiger charge is 2.68. The van der Waals surface area contributed by atoms with Crippen LogP contribution in [0.25, 0.3) is 0 Å². The highest BCUT2D eigenvalue weighted by Crippen LogP contribution is 2.68. The zero-order valence-electron chi connectivity index (χ0n) is 11.4. The minimum Gasteiger partial charge on any atom is -0.479 e. The Bertz CT molecular complexity index is 374. The molecule has 5 nitrogen and oxygen atoms in total. The summed E-state index contributed by atoms with van der Waals surface area (Å²) in [6.07, 6.45) is -0.882. The molecule has 5 heteroatoms. The number of carbonyl (C=O) groups is 2. The normalized spacial score (nSPS) is 30.0. The molecular weight excluding hydrogens is 234 g/mol. The lowest BCUT2D eigenvalue weighted by molar-refractivity contribution is -0.160. The third-order valence-electron chi connectivity index (χ3n) is 4.92. The molecule has 1 atom stereocenters. The Morgan fingerprint density at radius 1 is 1.22 bits per heavy atom. The fraction of sp³-hybridized carbons (Fsp3) is 0.846. The van der Waals surface area contributed by atoms with Crippen LogP contribution in [0.1, 0.15) is 27.7 Å². The van der Waals surface area contributed by atoms with Gasteiger partial charge in [-0.1, -0.05) is 27.7 Å². The molecule has 0 unspecified atom stereocenters. The number of hydrogen-bond acceptors (Lipinski definition) is 3. The van der Waals surface area contributed by atoms with Gasteiger partial charge in [-0.15, -0.1) is 0 Å². The van der Waals surface area contributed by atoms with Crippen molar-refractivity contribution >= 4 is 11.9 Å². The maximum absolute atomic E-state index is 12.4. The van der Waals surface area contributed by atoms with Gasteiger partial charge < -0.3 is 14.7 Å². The molecule has 1 amide bonds. The monoisotopic (exact) mass is 255 g/mol. The SMILES string of the molecule is CC1(C)C(C(=O)N2CCO[C@H](C(=O)O)C2)C1(C)C. The Labute approximate surface area is 107 Å². The summed E-state index contributed by atoms with van der Waals surface area (Å²) in [6.45, 7) is 9.31. The Balaban J connectivity index is 2.05. The van der Waals surface area contributed by atoms with Gasteiger partial charge in [0.25, 0.3) is 0 Å². The summed E-state index contributed by atoms with van der Waals surface area (Å²) in [5.41, 5.74) is -0.0256. The van der Waals surface area contributed by atoms with Gasteiger partial charge >= 0.3 is 5.97 Å². The molecule has 2 rings (SSSR count). The van der Waals surface area contributed by atoms with E-state index in [0.29, 0.717) is 13.2 Å². The van der Waals surface area contributed by atoms with Crippen LogP contribution >= 0.6 is 0 Å². The van der Waals surface area contributed by atoms with Crippen molar-refractivity contribution in [1.82, 2.24) is 4.90 Å². The third kappa shape index (κ3) is 1.81. The highest BCUT2D eigenvalue weighted by molar-refractivity contribution is 5.85. The van der Waals surface area contributed by atoms with E-state index in [1.807, 2.05) is 0 Å². The van der Waals surface area contributed by atoms with Gasteiger partial charge in [0, 0.05) is 12.5 Å². The molecule has 1 N–H and O–H groups in total. The van der Waals surface area contributed by atoms with Crippen LogP contribution in [0.3, 0.4) is 0 Å². The number of nitrogens with zero attached hydrogens (tertiary/aromatic N) is 1. The number of carbonyl (C=O) groups excluding carboxylic acids is 1. The van der Waals surface area contributed by atoms with E-state index in [4.69, 9.17) is 9.84 Å². The predicted octanol–water partition coefficient (Wildman–Crippen LogP) is 0.981. The molecule has 0 radical (unpaired) electrons. The van der Waals surface area contributed by atoms with Crippen LogP contribution in [0.15, 0.2) is 0 Å². The van der Waals surface area contributed by atoms with Crippen LogP contribution in [0.2, 0.25) is 0 Å². The summed E-state index contributed by atoms with van der Waals surface area (Å²) in [6, 6.07) is 0. The number of carboxylic acids is 1. The van der Waals surface area contributed by atoms with Crippen LogP contribution < -0.4 is 0 Å². The van der Waals surface area contributed by atoms with Gasteiger partial charge in [0.05, 0.1) is 13.2 Å². The largest absolute Gasteiger partial charge is 0.479 e. The summed E-state index contributed by atoms with van der Waals surface area (Å²) in [4.78, 5) is 25.0. The molecule has 1 aliphatic carbocycles. The molecule has 0 bridgehead atoms. The van der Waals surface area contributed by atoms with Crippen molar-refractivity contribution in [1.29, 1.82) is 0 Å². The van der Waals surface area contributed by atoms with Crippen LogP contribution in [0, 0.1) is 16.7 Å². The molecule has 0 aromatic rings. The Morgan fingerprint density at radius 2 is 1.78 bits per heavy atom. The Hall–Kier alpha value is -1.10. The molecule has 2 aliphatic rings. The lowest BCUT2D eigenvalue weighted by Gasteiger charge is -2.31. The maximum atomic E-state index is 12.4. The summed E-state index contributed by atoms with van der Waals surface area (Å²) in [5.74, 6) is -0.945. The average Bonchev–Trinajstić information content (AvgIpc) is 2.69. The molecule has 102 valence electrons. The van der Waals surface area contributed by atoms with Crippen LogP contribution in [-0.4, -0.2) is 47.7 Å². The molecule has 1 saturated heterocycles. The molecule has 1 heterocycles. The van der Waals surface area contributed by atoms with E-state index in [0.717, 1.165) is 0 Å². The lowest BCUT2D eigenvalue weighted by atomic mass is 10.0. The van der Waals surface area contributed by atoms with Crippen molar-refractivity contribution in [2.45, 2.75) is 33.8 Å². The molecule has 0 aromatic carbocycles. The van der Waals surface area contributed by atoms with Gasteiger partial charge in [-0.3, -0.25) is 4.79 Å². The smallest absolute Gasteiger partial charge is 0.334 e. The summed E-state index contributed by atoms with van der Waals surface area (Å²) in [7, 11) is 0. The molecule has 1 saturated carbocycles. The van der Waals surface area contributed by atoms with Crippen LogP contribution in [0.5, 0.6) is 0 Å². The third-order valence-corrected chi connectivity index (χ3v) is 4.92. The van der Waals surface area contributed by atoms with Crippen molar-refractivity contribution in [2.75, 3.05) is 19.7 Å². The predicted molar refractivity (Wildman–Crippen MR) is 65.0 cm³/mol. The summed E-state index contributed by atoms with van der Waals surface area (Å²) >= 11 is 0. The average molecular weight is 255 g/mol. The molecule has 18 heavy (non-hydrogen) atoms. The fourth-order valence-corrected chi connectivity index (χ4v) is 3.00. The van der Waals surface area contributed by atoms with Crippen molar-refractivity contribution in [2.24, 2.45) is 16.7 Å². The van der Waals surface area contributed by atoms with Gasteiger partial charge in [0.2, 0.25) is 5.91 Å². The van der Waals surface area contributed by atoms with E-state index in [1.165, 1.54) is 0 Å². The first-order valence-electron chi connectivity index (χ1n) is 6.33. The van der Waals surface area contributed by atoms with Crippen LogP contribution in [0.4, 0.5) is 0 Å². The first-order chi connectivity index (χ1) is 8.19. The lowest BCUT2D eigenvalue weighted by Crippen LogP contribution is -2.49. The molecule has 1 aliphatic heterocycles. The van der Waals surface area contributed by atoms with E-state index in [1.54, 1.807) is 4.90 Å². The van der Waals surface area contributed by atoms with E-state index in [-0.39, 0.29) is 29.2 Å². The van der Waals surface area contributed by atoms with Crippen molar-refractivity contribution in [3.63, 3.8) is 0 Å². The fourth-order valence-electron chi connectivity index (χ4n) is 3.00. The minimum atomic E-state index is -0.998. The number of hydrogen-bond donors (Lipinski definition) is 1. The molecule has 0 aromatic heterocycles. The van der Waals surface area contributed by atoms with Gasteiger partial charge in [-0.05, 0) is 10.8 Å². The van der Waals surface area contributed by atoms with E-state index in [2.05, 4.69) is 27.7 Å². The minimum absolute atomic E-state index is 0.0128. The maximum Gasteiger partial charge on any atom is 0.334 e. The Kier molecular flexibility index (Phi) is 2.93. The van der Waals surface area contributed by atoms with Gasteiger partial charge in [-0.25, -0.2) is 4.79 Å². The van der Waals surface area contributed by atoms with E-state index < -0.39 is 12.1 Å². The van der Waals surface area contributed by atoms with Gasteiger partial charge in [-0.2, -0.15) is 0 Å². The second-order valence-corrected chi connectivity index (χ2v) is 6.36. The van der Waals surface area contributed by atoms with E-state index in [9.17, 15) is 9.59 Å². The topological polar surface area (TPSA) is 66.8 Å². The second-order valence-electron chi connectivity index (χ2n) is 6.36. The standard InChI is InChI=1S/C13H21NO4/c1-12(2)9(13(12,3)4)10(15)14-5-6-18-8(7-14)11(16)17/h8-9H,5-7H2,1-4H3,(H,16,17)/t8-/m0/s1. The van der Waals surface area contributed by atoms with Gasteiger partial charge in [0.15, 0.2) is 6.10 Å². The molecular formula is C13H21NO4. The number of carboxylic acid groups (broad SMARTS) is 1. The summed E-state index contributed by atoms with van der Waals surface area (Å²) in [5, 5.41) is 8.93. The molecule has 2 fully saturated rings. The number of morpholine rings is 1. The number of aliphatic carboxylic acids is 1. The number of ether oxygens (including phenoxy) is 1. The zero-order chi connectivity index (χ0) is 13.7. The second kappa shape index (κ2) is 3.95. The van der Waals surface area contributed by atoms with E-state index >= 15 is 0 Å². The molecule has 0 spiro atoms. The van der Waals surface area contributed by atoms with Crippen molar-refractivity contribution in [3.05, 3.63) is 0 Å². The zero-order valence-corrected chi connectivity index (χ0v) is 11.4. The first-order valence-corrected chi connectivity index (χ1v) is 6.33. The summed E-state index contributed by atoms with van der Waals surface area (Å²) < 4.78 is 5.13. The van der Waals surface area contributed by atoms with Crippen molar-refractivity contribution in [3.8, 4) is 0 Å². The first kappa shape index (κ1) is 13.3. The van der Waals surface area contributed by atoms with Gasteiger partial charge in [0.1, 0.15) is 0 Å². The quantitative estimate of drug-likeness (QED) is 0.798.